The molecular weight excluding hydrogens is 496 g/mol. The van der Waals surface area contributed by atoms with Gasteiger partial charge in [0.1, 0.15) is 0 Å². The lowest BCUT2D eigenvalue weighted by Crippen LogP contribution is -2.31. The molecule has 0 aliphatic carbocycles. The molecule has 0 saturated carbocycles. The molecule has 0 aliphatic heterocycles. The van der Waals surface area contributed by atoms with Crippen LogP contribution in [0.25, 0.3) is 5.53 Å². The highest BCUT2D eigenvalue weighted by atomic mass is 32.2. The van der Waals surface area contributed by atoms with Crippen molar-refractivity contribution in [3.05, 3.63) is 65.2 Å². The number of hydrogen-bond donors (Lipinski definition) is 0. The Hall–Kier alpha value is -3.02. The smallest absolute Gasteiger partial charge is 0.360 e. The van der Waals surface area contributed by atoms with Crippen LogP contribution in [0.1, 0.15) is 44.2 Å². The molecule has 0 fully saturated rings. The number of benzene rings is 2. The fourth-order valence-electron chi connectivity index (χ4n) is 3.28. The van der Waals surface area contributed by atoms with E-state index in [9.17, 15) is 32.0 Å². The molecule has 0 aliphatic rings. The second-order valence-corrected chi connectivity index (χ2v) is 10.5. The van der Waals surface area contributed by atoms with Crippen molar-refractivity contribution in [3.63, 3.8) is 0 Å². The standard InChI is InChI=1S/C23H26N2O8S2/c1-4-21(26)22(25-24)23(27)20(17-9-13-19(14-10-17)35(30,31)33-6-3)15-16-7-11-18(12-8-16)34(28,29)32-5-2/h7-14,20H,4-6,15H2,1-3H3. The summed E-state index contributed by atoms with van der Waals surface area (Å²) in [4.78, 5) is 28.1. The van der Waals surface area contributed by atoms with Crippen LogP contribution in [0.2, 0.25) is 0 Å². The Morgan fingerprint density at radius 2 is 1.29 bits per heavy atom. The summed E-state index contributed by atoms with van der Waals surface area (Å²) in [7, 11) is -7.88. The summed E-state index contributed by atoms with van der Waals surface area (Å²) in [6.45, 7) is 4.53. The predicted octanol–water partition coefficient (Wildman–Crippen LogP) is 2.68. The van der Waals surface area contributed by atoms with Gasteiger partial charge in [-0.15, -0.1) is 0 Å². The molecule has 2 aromatic carbocycles. The fraction of sp³-hybridized carbons (Fsp3) is 0.348. The fourth-order valence-corrected chi connectivity index (χ4v) is 5.11. The molecule has 1 atom stereocenters. The van der Waals surface area contributed by atoms with Gasteiger partial charge in [-0.1, -0.05) is 31.2 Å². The van der Waals surface area contributed by atoms with Gasteiger partial charge in [-0.25, -0.2) is 0 Å². The number of carbonyl (C=O) groups excluding carboxylic acids is 2. The minimum atomic E-state index is -3.97. The first-order chi connectivity index (χ1) is 16.5. The van der Waals surface area contributed by atoms with Crippen LogP contribution in [0.3, 0.4) is 0 Å². The van der Waals surface area contributed by atoms with Crippen molar-refractivity contribution in [1.29, 1.82) is 0 Å². The molecule has 12 heteroatoms. The second kappa shape index (κ2) is 12.1. The van der Waals surface area contributed by atoms with E-state index >= 15 is 0 Å². The van der Waals surface area contributed by atoms with Gasteiger partial charge in [0.25, 0.3) is 26.0 Å². The Morgan fingerprint density at radius 1 is 0.829 bits per heavy atom. The summed E-state index contributed by atoms with van der Waals surface area (Å²) < 4.78 is 57.9. The molecule has 0 radical (unpaired) electrons. The van der Waals surface area contributed by atoms with Crippen molar-refractivity contribution < 1.29 is 39.6 Å². The third-order valence-corrected chi connectivity index (χ3v) is 7.80. The van der Waals surface area contributed by atoms with Crippen LogP contribution in [0.15, 0.2) is 58.3 Å². The predicted molar refractivity (Wildman–Crippen MR) is 126 cm³/mol. The third kappa shape index (κ3) is 7.00. The maximum absolute atomic E-state index is 13.2. The van der Waals surface area contributed by atoms with E-state index in [0.29, 0.717) is 11.1 Å². The highest BCUT2D eigenvalue weighted by Gasteiger charge is 2.35. The Balaban J connectivity index is 2.48. The van der Waals surface area contributed by atoms with E-state index in [2.05, 4.69) is 4.79 Å². The Bertz CT molecular complexity index is 1330. The summed E-state index contributed by atoms with van der Waals surface area (Å²) in [5.74, 6) is -2.43. The second-order valence-electron chi connectivity index (χ2n) is 7.28. The van der Waals surface area contributed by atoms with E-state index in [-0.39, 0.29) is 35.8 Å². The number of carbonyl (C=O) groups is 2. The Kier molecular flexibility index (Phi) is 9.75. The lowest BCUT2D eigenvalue weighted by atomic mass is 9.85. The summed E-state index contributed by atoms with van der Waals surface area (Å²) in [5.41, 5.74) is 9.60. The van der Waals surface area contributed by atoms with E-state index in [1.54, 1.807) is 6.92 Å². The average Bonchev–Trinajstić information content (AvgIpc) is 2.83. The number of rotatable bonds is 13. The van der Waals surface area contributed by atoms with E-state index in [0.717, 1.165) is 0 Å². The molecule has 0 aromatic heterocycles. The molecule has 35 heavy (non-hydrogen) atoms. The molecule has 188 valence electrons. The number of ketones is 2. The van der Waals surface area contributed by atoms with Crippen LogP contribution in [-0.4, -0.2) is 52.1 Å². The molecule has 10 nitrogen and oxygen atoms in total. The summed E-state index contributed by atoms with van der Waals surface area (Å²) in [6.07, 6.45) is -0.0469. The van der Waals surface area contributed by atoms with Crippen molar-refractivity contribution in [3.8, 4) is 0 Å². The summed E-state index contributed by atoms with van der Waals surface area (Å²) in [6, 6.07) is 11.0. The molecule has 2 aromatic rings. The molecule has 2 rings (SSSR count). The van der Waals surface area contributed by atoms with Crippen molar-refractivity contribution >= 4 is 37.5 Å². The van der Waals surface area contributed by atoms with Gasteiger partial charge in [-0.2, -0.15) is 21.6 Å². The zero-order chi connectivity index (χ0) is 26.2. The molecule has 0 saturated heterocycles. The van der Waals surface area contributed by atoms with Crippen LogP contribution in [-0.2, 0) is 44.6 Å². The maximum Gasteiger partial charge on any atom is 0.400 e. The van der Waals surface area contributed by atoms with Crippen molar-refractivity contribution in [2.24, 2.45) is 0 Å². The van der Waals surface area contributed by atoms with Crippen LogP contribution in [0.5, 0.6) is 0 Å². The topological polar surface area (TPSA) is 157 Å². The van der Waals surface area contributed by atoms with Crippen molar-refractivity contribution in [2.45, 2.75) is 49.3 Å². The first-order valence-corrected chi connectivity index (χ1v) is 13.6. The van der Waals surface area contributed by atoms with Crippen molar-refractivity contribution in [2.75, 3.05) is 13.2 Å². The van der Waals surface area contributed by atoms with E-state index in [1.165, 1.54) is 62.4 Å². The zero-order valence-electron chi connectivity index (χ0n) is 19.5. The highest BCUT2D eigenvalue weighted by Crippen LogP contribution is 2.26. The number of Topliss-reactive ketones (excluding diaryl/α,β-unsaturated/α-hetero) is 2. The Morgan fingerprint density at radius 3 is 1.69 bits per heavy atom. The van der Waals surface area contributed by atoms with Crippen LogP contribution in [0, 0.1) is 0 Å². The summed E-state index contributed by atoms with van der Waals surface area (Å²) >= 11 is 0. The molecule has 0 N–H and O–H groups in total. The van der Waals surface area contributed by atoms with Crippen LogP contribution >= 0.6 is 0 Å². The van der Waals surface area contributed by atoms with Gasteiger partial charge in [-0.3, -0.25) is 18.0 Å². The largest absolute Gasteiger partial charge is 0.400 e. The molecule has 0 heterocycles. The molecule has 0 bridgehead atoms. The highest BCUT2D eigenvalue weighted by molar-refractivity contribution is 7.87. The third-order valence-electron chi connectivity index (χ3n) is 5.00. The summed E-state index contributed by atoms with van der Waals surface area (Å²) in [5, 5.41) is 0. The van der Waals surface area contributed by atoms with E-state index < -0.39 is 43.4 Å². The van der Waals surface area contributed by atoms with Crippen LogP contribution in [0.4, 0.5) is 0 Å². The molecular formula is C23H26N2O8S2. The van der Waals surface area contributed by atoms with Gasteiger partial charge in [0.15, 0.2) is 0 Å². The SMILES string of the molecule is CCOS(=O)(=O)c1ccc(CC(C(=O)C(=[N+]=[N-])C(=O)CC)c2ccc(S(=O)(=O)OCC)cc2)cc1. The molecule has 0 amide bonds. The molecule has 0 spiro atoms. The van der Waals surface area contributed by atoms with Gasteiger partial charge in [0, 0.05) is 6.42 Å². The van der Waals surface area contributed by atoms with Gasteiger partial charge in [0.05, 0.1) is 28.9 Å². The first kappa shape index (κ1) is 28.2. The van der Waals surface area contributed by atoms with Gasteiger partial charge >= 0.3 is 5.71 Å². The average molecular weight is 523 g/mol. The van der Waals surface area contributed by atoms with Crippen molar-refractivity contribution in [1.82, 2.24) is 0 Å². The monoisotopic (exact) mass is 522 g/mol. The zero-order valence-corrected chi connectivity index (χ0v) is 21.1. The molecule has 1 unspecified atom stereocenters. The quantitative estimate of drug-likeness (QED) is 0.128. The van der Waals surface area contributed by atoms with Crippen LogP contribution < -0.4 is 0 Å². The lowest BCUT2D eigenvalue weighted by molar-refractivity contribution is -0.124. The normalized spacial score (nSPS) is 12.5. The van der Waals surface area contributed by atoms with E-state index in [4.69, 9.17) is 8.37 Å². The number of nitrogens with zero attached hydrogens (tertiary/aromatic N) is 2. The number of hydrogen-bond acceptors (Lipinski definition) is 8. The first-order valence-electron chi connectivity index (χ1n) is 10.8. The van der Waals surface area contributed by atoms with Gasteiger partial charge in [-0.05, 0) is 55.7 Å². The maximum atomic E-state index is 13.2. The Labute approximate surface area is 204 Å². The minimum absolute atomic E-state index is 0.0152. The van der Waals surface area contributed by atoms with Gasteiger partial charge < -0.3 is 5.53 Å². The lowest BCUT2D eigenvalue weighted by Gasteiger charge is -2.15. The van der Waals surface area contributed by atoms with Gasteiger partial charge in [0.2, 0.25) is 5.78 Å². The minimum Gasteiger partial charge on any atom is -0.360 e. The van der Waals surface area contributed by atoms with E-state index in [1.807, 2.05) is 0 Å².